The second-order valence-electron chi connectivity index (χ2n) is 12.1. The number of carboxylic acid groups (broad SMARTS) is 1. The molecule has 0 spiro atoms. The van der Waals surface area contributed by atoms with E-state index in [9.17, 15) is 19.1 Å². The van der Waals surface area contributed by atoms with Crippen LogP contribution < -0.4 is 10.9 Å². The fourth-order valence-electron chi connectivity index (χ4n) is 5.87. The van der Waals surface area contributed by atoms with Crippen LogP contribution in [0.15, 0.2) is 41.2 Å². The van der Waals surface area contributed by atoms with Crippen LogP contribution in [0.2, 0.25) is 5.02 Å². The number of benzene rings is 2. The van der Waals surface area contributed by atoms with Gasteiger partial charge in [-0.1, -0.05) is 43.6 Å². The maximum Gasteiger partial charge on any atom is 0.305 e. The fourth-order valence-corrected chi connectivity index (χ4v) is 6.10. The summed E-state index contributed by atoms with van der Waals surface area (Å²) < 4.78 is 30.3. The summed E-state index contributed by atoms with van der Waals surface area (Å²) in [6.45, 7) is 11.4. The van der Waals surface area contributed by atoms with E-state index in [1.807, 2.05) is 50.8 Å². The number of hydrogen-bond donors (Lipinski definition) is 2. The first-order chi connectivity index (χ1) is 20.3. The Morgan fingerprint density at radius 3 is 2.42 bits per heavy atom. The number of aryl methyl sites for hydroxylation is 3. The largest absolute Gasteiger partial charge is 0.481 e. The van der Waals surface area contributed by atoms with Crippen LogP contribution in [0, 0.1) is 32.5 Å². The predicted molar refractivity (Wildman–Crippen MR) is 166 cm³/mol. The molecule has 7 nitrogen and oxygen atoms in total. The van der Waals surface area contributed by atoms with Gasteiger partial charge >= 0.3 is 5.97 Å². The van der Waals surface area contributed by atoms with E-state index in [1.165, 1.54) is 4.68 Å². The van der Waals surface area contributed by atoms with E-state index in [0.29, 0.717) is 43.6 Å². The van der Waals surface area contributed by atoms with Gasteiger partial charge in [0.05, 0.1) is 23.2 Å². The molecule has 43 heavy (non-hydrogen) atoms. The third-order valence-corrected chi connectivity index (χ3v) is 8.31. The smallest absolute Gasteiger partial charge is 0.305 e. The van der Waals surface area contributed by atoms with Crippen LogP contribution in [0.5, 0.6) is 0 Å². The average Bonchev–Trinajstić information content (AvgIpc) is 2.90. The number of nitrogens with one attached hydrogen (secondary N) is 1. The first-order valence-electron chi connectivity index (χ1n) is 14.8. The topological polar surface area (TPSA) is 87.5 Å². The number of carbonyl (C=O) groups is 1. The van der Waals surface area contributed by atoms with Crippen molar-refractivity contribution in [1.82, 2.24) is 20.0 Å². The minimum atomic E-state index is -1.10. The van der Waals surface area contributed by atoms with Crippen molar-refractivity contribution in [3.05, 3.63) is 85.5 Å². The number of likely N-dealkylation sites (tertiary alicyclic amines) is 1. The summed E-state index contributed by atoms with van der Waals surface area (Å²) >= 11 is 6.38. The minimum Gasteiger partial charge on any atom is -0.481 e. The molecule has 2 unspecified atom stereocenters. The van der Waals surface area contributed by atoms with Gasteiger partial charge in [0.1, 0.15) is 12.0 Å². The van der Waals surface area contributed by atoms with Gasteiger partial charge in [0.25, 0.3) is 5.56 Å². The van der Waals surface area contributed by atoms with Gasteiger partial charge < -0.3 is 10.4 Å². The van der Waals surface area contributed by atoms with Gasteiger partial charge in [0.2, 0.25) is 0 Å². The third-order valence-electron chi connectivity index (χ3n) is 8.03. The maximum absolute atomic E-state index is 15.6. The highest BCUT2D eigenvalue weighted by atomic mass is 35.5. The van der Waals surface area contributed by atoms with E-state index in [2.05, 4.69) is 10.4 Å². The molecular formula is C33H41ClF2N4O3. The number of alkyl halides is 1. The third kappa shape index (κ3) is 8.08. The van der Waals surface area contributed by atoms with Crippen molar-refractivity contribution in [3.63, 3.8) is 0 Å². The van der Waals surface area contributed by atoms with Gasteiger partial charge in [-0.25, -0.2) is 13.5 Å². The Labute approximate surface area is 256 Å². The van der Waals surface area contributed by atoms with Crippen LogP contribution in [0.1, 0.15) is 66.7 Å². The highest BCUT2D eigenvalue weighted by molar-refractivity contribution is 6.31. The Balaban J connectivity index is 1.66. The number of carboxylic acids is 1. The lowest BCUT2D eigenvalue weighted by molar-refractivity contribution is -0.137. The molecule has 0 amide bonds. The van der Waals surface area contributed by atoms with Gasteiger partial charge in [-0.05, 0) is 73.6 Å². The Bertz CT molecular complexity index is 1500. The lowest BCUT2D eigenvalue weighted by Gasteiger charge is -2.34. The van der Waals surface area contributed by atoms with Crippen molar-refractivity contribution in [1.29, 1.82) is 0 Å². The van der Waals surface area contributed by atoms with E-state index in [-0.39, 0.29) is 35.0 Å². The Morgan fingerprint density at radius 1 is 1.14 bits per heavy atom. The number of hydrogen-bond acceptors (Lipinski definition) is 5. The van der Waals surface area contributed by atoms with Gasteiger partial charge in [-0.15, -0.1) is 0 Å². The molecule has 10 heteroatoms. The number of nitrogens with zero attached hydrogens (tertiary/aromatic N) is 3. The first kappa shape index (κ1) is 32.8. The minimum absolute atomic E-state index is 0.0893. The van der Waals surface area contributed by atoms with Crippen molar-refractivity contribution in [2.75, 3.05) is 26.2 Å². The standard InChI is InChI=1S/C33H41ClF2N4O3/c1-19(2)11-26(40-33(43)22(5)12-25(38-40)9-10-39-17-24(35)18-39)16-37-29(15-30(41)42)27-13-23(14-28(34)32(27)36)31-20(3)7-6-8-21(31)4/h6-8,12-14,19,24,26,29,37H,9-11,15-18H2,1-5H3,(H,41,42). The van der Waals surface area contributed by atoms with Gasteiger partial charge in [0.15, 0.2) is 0 Å². The summed E-state index contributed by atoms with van der Waals surface area (Å²) in [7, 11) is 0. The molecule has 232 valence electrons. The summed E-state index contributed by atoms with van der Waals surface area (Å²) in [5.41, 5.74) is 4.81. The zero-order chi connectivity index (χ0) is 31.4. The number of rotatable bonds is 13. The van der Waals surface area contributed by atoms with Gasteiger partial charge in [-0.2, -0.15) is 5.10 Å². The molecular weight excluding hydrogens is 574 g/mol. The van der Waals surface area contributed by atoms with Crippen molar-refractivity contribution in [3.8, 4) is 11.1 Å². The summed E-state index contributed by atoms with van der Waals surface area (Å²) in [6, 6.07) is 9.56. The molecule has 3 aromatic rings. The number of aliphatic carboxylic acids is 1. The molecule has 4 rings (SSSR count). The van der Waals surface area contributed by atoms with Crippen LogP contribution in [0.25, 0.3) is 11.1 Å². The summed E-state index contributed by atoms with van der Waals surface area (Å²) in [6.07, 6.45) is -0.00851. The normalized spacial score (nSPS) is 15.5. The molecule has 0 radical (unpaired) electrons. The van der Waals surface area contributed by atoms with Crippen LogP contribution in [-0.2, 0) is 11.2 Å². The SMILES string of the molecule is Cc1cccc(C)c1-c1cc(Cl)c(F)c(C(CC(=O)O)NCC(CC(C)C)n2nc(CCN3CC(F)C3)cc(C)c2=O)c1. The van der Waals surface area contributed by atoms with Crippen molar-refractivity contribution in [2.45, 2.75) is 72.1 Å². The Hall–Kier alpha value is -3.14. The highest BCUT2D eigenvalue weighted by Gasteiger charge is 2.27. The second-order valence-corrected chi connectivity index (χ2v) is 12.6. The molecule has 2 heterocycles. The molecule has 0 bridgehead atoms. The Morgan fingerprint density at radius 2 is 1.81 bits per heavy atom. The van der Waals surface area contributed by atoms with Crippen LogP contribution >= 0.6 is 11.6 Å². The molecule has 1 saturated heterocycles. The zero-order valence-electron chi connectivity index (χ0n) is 25.5. The van der Waals surface area contributed by atoms with E-state index in [1.54, 1.807) is 25.1 Å². The fraction of sp³-hybridized carbons (Fsp3) is 0.485. The van der Waals surface area contributed by atoms with Crippen molar-refractivity contribution >= 4 is 17.6 Å². The molecule has 2 N–H and O–H groups in total. The molecule has 1 aromatic heterocycles. The monoisotopic (exact) mass is 614 g/mol. The quantitative estimate of drug-likeness (QED) is 0.238. The van der Waals surface area contributed by atoms with Crippen LogP contribution in [0.3, 0.4) is 0 Å². The van der Waals surface area contributed by atoms with E-state index >= 15 is 4.39 Å². The first-order valence-corrected chi connectivity index (χ1v) is 15.2. The van der Waals surface area contributed by atoms with E-state index in [0.717, 1.165) is 22.4 Å². The van der Waals surface area contributed by atoms with Crippen LogP contribution in [-0.4, -0.2) is 58.1 Å². The van der Waals surface area contributed by atoms with Gasteiger partial charge in [-0.3, -0.25) is 14.5 Å². The molecule has 1 aliphatic rings. The Kier molecular flexibility index (Phi) is 10.7. The number of aromatic nitrogens is 2. The van der Waals surface area contributed by atoms with Crippen molar-refractivity contribution in [2.24, 2.45) is 5.92 Å². The number of halogens is 3. The predicted octanol–water partition coefficient (Wildman–Crippen LogP) is 6.22. The van der Waals surface area contributed by atoms with Gasteiger partial charge in [0, 0.05) is 49.8 Å². The van der Waals surface area contributed by atoms with E-state index in [4.69, 9.17) is 11.6 Å². The lowest BCUT2D eigenvalue weighted by Crippen LogP contribution is -2.49. The maximum atomic E-state index is 15.6. The van der Waals surface area contributed by atoms with E-state index < -0.39 is 30.0 Å². The average molecular weight is 615 g/mol. The molecule has 2 atom stereocenters. The summed E-state index contributed by atoms with van der Waals surface area (Å²) in [5.74, 6) is -1.57. The van der Waals surface area contributed by atoms with Crippen molar-refractivity contribution < 1.29 is 18.7 Å². The zero-order valence-corrected chi connectivity index (χ0v) is 26.2. The second kappa shape index (κ2) is 14.1. The lowest BCUT2D eigenvalue weighted by atomic mass is 9.92. The molecule has 1 fully saturated rings. The molecule has 1 aliphatic heterocycles. The molecule has 2 aromatic carbocycles. The molecule has 0 saturated carbocycles. The molecule has 0 aliphatic carbocycles. The highest BCUT2D eigenvalue weighted by Crippen LogP contribution is 2.35. The summed E-state index contributed by atoms with van der Waals surface area (Å²) in [4.78, 5) is 27.3. The summed E-state index contributed by atoms with van der Waals surface area (Å²) in [5, 5.41) is 17.6. The van der Waals surface area contributed by atoms with Crippen LogP contribution in [0.4, 0.5) is 8.78 Å².